The lowest BCUT2D eigenvalue weighted by Gasteiger charge is -2.24. The number of aliphatic hydroxyl groups excluding tert-OH is 2. The number of rotatable bonds is 9. The third kappa shape index (κ3) is 6.58. The number of nitrogens with two attached hydrogens (primary N) is 2. The second-order valence-corrected chi connectivity index (χ2v) is 9.91. The van der Waals surface area contributed by atoms with Gasteiger partial charge < -0.3 is 42.2 Å². The summed E-state index contributed by atoms with van der Waals surface area (Å²) in [6.07, 6.45) is -1.58. The minimum absolute atomic E-state index is 0. The Kier molecular flexibility index (Phi) is 10.5. The zero-order valence-corrected chi connectivity index (χ0v) is 24.3. The molecule has 0 fully saturated rings. The number of nitrogen functional groups attached to an aromatic ring is 1. The van der Waals surface area contributed by atoms with Crippen LogP contribution >= 0.6 is 24.8 Å². The number of benzene rings is 3. The third-order valence-electron chi connectivity index (χ3n) is 6.79. The van der Waals surface area contributed by atoms with Crippen molar-refractivity contribution in [3.63, 3.8) is 0 Å². The summed E-state index contributed by atoms with van der Waals surface area (Å²) in [5.41, 5.74) is 13.3. The second kappa shape index (κ2) is 13.1. The van der Waals surface area contributed by atoms with Gasteiger partial charge in [0.25, 0.3) is 5.91 Å². The van der Waals surface area contributed by atoms with Crippen molar-refractivity contribution in [2.75, 3.05) is 6.61 Å². The van der Waals surface area contributed by atoms with Crippen LogP contribution in [-0.4, -0.2) is 60.8 Å². The molecule has 0 aliphatic heterocycles. The Balaban J connectivity index is 0.00000308. The quantitative estimate of drug-likeness (QED) is 0.0993. The van der Waals surface area contributed by atoms with Crippen LogP contribution in [0.15, 0.2) is 48.5 Å². The number of nitrogens with zero attached hydrogens (tertiary/aromatic N) is 1. The molecular weight excluding hydrogens is 587 g/mol. The molecule has 0 saturated heterocycles. The predicted molar refractivity (Wildman–Crippen MR) is 163 cm³/mol. The van der Waals surface area contributed by atoms with Crippen molar-refractivity contribution < 1.29 is 30.0 Å². The number of H-pyrrole nitrogens is 1. The lowest BCUT2D eigenvalue weighted by atomic mass is 9.81. The Morgan fingerprint density at radius 2 is 1.69 bits per heavy atom. The summed E-state index contributed by atoms with van der Waals surface area (Å²) in [7, 11) is 0. The molecule has 2 amide bonds. The number of phenols is 2. The molecular formula is C28H32Cl2N6O6. The van der Waals surface area contributed by atoms with Crippen molar-refractivity contribution in [1.82, 2.24) is 15.3 Å². The summed E-state index contributed by atoms with van der Waals surface area (Å²) in [4.78, 5) is 32.0. The number of primary amides is 1. The predicted octanol–water partition coefficient (Wildman–Crippen LogP) is 2.17. The Hall–Kier alpha value is -4.36. The summed E-state index contributed by atoms with van der Waals surface area (Å²) in [5, 5.41) is 50.9. The van der Waals surface area contributed by atoms with Gasteiger partial charge in [0, 0.05) is 23.2 Å². The van der Waals surface area contributed by atoms with Crippen LogP contribution in [-0.2, 0) is 21.5 Å². The molecule has 11 N–H and O–H groups in total. The molecule has 224 valence electrons. The van der Waals surface area contributed by atoms with Gasteiger partial charge in [0.2, 0.25) is 5.91 Å². The van der Waals surface area contributed by atoms with Crippen LogP contribution in [0.25, 0.3) is 33.5 Å². The van der Waals surface area contributed by atoms with Gasteiger partial charge in [0.1, 0.15) is 23.2 Å². The first-order valence-corrected chi connectivity index (χ1v) is 12.2. The van der Waals surface area contributed by atoms with Crippen molar-refractivity contribution in [3.05, 3.63) is 65.2 Å². The Morgan fingerprint density at radius 3 is 2.31 bits per heavy atom. The fourth-order valence-electron chi connectivity index (χ4n) is 4.12. The van der Waals surface area contributed by atoms with E-state index < -0.39 is 29.9 Å². The van der Waals surface area contributed by atoms with Gasteiger partial charge in [-0.3, -0.25) is 15.0 Å². The van der Waals surface area contributed by atoms with E-state index in [0.29, 0.717) is 27.7 Å². The highest BCUT2D eigenvalue weighted by Gasteiger charge is 2.30. The largest absolute Gasteiger partial charge is 0.507 e. The molecule has 0 radical (unpaired) electrons. The molecule has 4 rings (SSSR count). The van der Waals surface area contributed by atoms with Crippen LogP contribution in [0.3, 0.4) is 0 Å². The maximum absolute atomic E-state index is 12.4. The maximum atomic E-state index is 12.4. The smallest absolute Gasteiger partial charge is 0.251 e. The standard InChI is InChI=1S/C28H30N6O6.2ClH/c1-28(2,27(31)40)15-9-17(16-7-13(3-6-21(16)36)11-32-26(39)22(37)12-35)23(38)18(10-15)25-33-19-5-4-14(24(29)30)8-20(19)34-25;;/h3-10,22,35-38H,11-12H2,1-2H3,(H3,29,30)(H2,31,40)(H,32,39)(H,33,34);2*1H/t22-;;/m0../s1. The molecule has 1 aromatic heterocycles. The van der Waals surface area contributed by atoms with E-state index in [4.69, 9.17) is 22.0 Å². The van der Waals surface area contributed by atoms with Crippen LogP contribution in [0, 0.1) is 5.41 Å². The highest BCUT2D eigenvalue weighted by molar-refractivity contribution is 5.98. The number of amides is 2. The molecule has 12 nitrogen and oxygen atoms in total. The van der Waals surface area contributed by atoms with Gasteiger partial charge in [-0.1, -0.05) is 6.07 Å². The van der Waals surface area contributed by atoms with Gasteiger partial charge in [-0.15, -0.1) is 24.8 Å². The van der Waals surface area contributed by atoms with Crippen LogP contribution in [0.2, 0.25) is 0 Å². The number of carbonyl (C=O) groups is 2. The van der Waals surface area contributed by atoms with Crippen LogP contribution in [0.1, 0.15) is 30.5 Å². The molecule has 0 spiro atoms. The fourth-order valence-corrected chi connectivity index (χ4v) is 4.12. The number of imidazole rings is 1. The normalized spacial score (nSPS) is 11.7. The first kappa shape index (κ1) is 33.8. The Bertz CT molecular complexity index is 1660. The van der Waals surface area contributed by atoms with Crippen LogP contribution < -0.4 is 16.8 Å². The van der Waals surface area contributed by atoms with E-state index >= 15 is 0 Å². The number of amidine groups is 1. The lowest BCUT2D eigenvalue weighted by Crippen LogP contribution is -2.36. The molecule has 14 heteroatoms. The number of aromatic amines is 1. The molecule has 0 unspecified atom stereocenters. The van der Waals surface area contributed by atoms with Gasteiger partial charge in [-0.2, -0.15) is 0 Å². The molecule has 42 heavy (non-hydrogen) atoms. The summed E-state index contributed by atoms with van der Waals surface area (Å²) in [5.74, 6) is -1.69. The van der Waals surface area contributed by atoms with Crippen molar-refractivity contribution in [1.29, 1.82) is 5.41 Å². The molecule has 1 atom stereocenters. The van der Waals surface area contributed by atoms with E-state index in [-0.39, 0.29) is 71.2 Å². The third-order valence-corrected chi connectivity index (χ3v) is 6.79. The number of halogens is 2. The molecule has 1 heterocycles. The highest BCUT2D eigenvalue weighted by Crippen LogP contribution is 2.44. The SMILES string of the molecule is CC(C)(C(N)=O)c1cc(-c2nc3cc(C(=N)N)ccc3[nH]2)c(O)c(-c2cc(CNC(=O)[C@@H](O)CO)ccc2O)c1.Cl.Cl. The van der Waals surface area contributed by atoms with E-state index in [0.717, 1.165) is 0 Å². The number of aliphatic hydroxyl groups is 2. The number of phenolic OH excluding ortho intramolecular Hbond substituents is 2. The maximum Gasteiger partial charge on any atom is 0.251 e. The number of hydrogen-bond donors (Lipinski definition) is 9. The van der Waals surface area contributed by atoms with Gasteiger partial charge >= 0.3 is 0 Å². The average molecular weight is 620 g/mol. The van der Waals surface area contributed by atoms with E-state index in [2.05, 4.69) is 15.3 Å². The van der Waals surface area contributed by atoms with Crippen molar-refractivity contribution in [3.8, 4) is 34.0 Å². The summed E-state index contributed by atoms with van der Waals surface area (Å²) in [6.45, 7) is 2.49. The van der Waals surface area contributed by atoms with Crippen molar-refractivity contribution in [2.45, 2.75) is 31.9 Å². The van der Waals surface area contributed by atoms with Crippen molar-refractivity contribution in [2.24, 2.45) is 11.5 Å². The number of nitrogens with one attached hydrogen (secondary N) is 3. The highest BCUT2D eigenvalue weighted by atomic mass is 35.5. The van der Waals surface area contributed by atoms with Crippen LogP contribution in [0.5, 0.6) is 11.5 Å². The summed E-state index contributed by atoms with van der Waals surface area (Å²) in [6, 6.07) is 12.6. The second-order valence-electron chi connectivity index (χ2n) is 9.91. The summed E-state index contributed by atoms with van der Waals surface area (Å²) >= 11 is 0. The Morgan fingerprint density at radius 1 is 1.02 bits per heavy atom. The van der Waals surface area contributed by atoms with Gasteiger partial charge in [0.15, 0.2) is 6.10 Å². The average Bonchev–Trinajstić information content (AvgIpc) is 3.35. The van der Waals surface area contributed by atoms with Gasteiger partial charge in [0.05, 0.1) is 28.6 Å². The number of carbonyl (C=O) groups excluding carboxylic acids is 2. The zero-order valence-electron chi connectivity index (χ0n) is 22.6. The lowest BCUT2D eigenvalue weighted by molar-refractivity contribution is -0.131. The molecule has 0 aliphatic rings. The molecule has 0 bridgehead atoms. The van der Waals surface area contributed by atoms with E-state index in [1.807, 2.05) is 0 Å². The minimum Gasteiger partial charge on any atom is -0.507 e. The first-order valence-electron chi connectivity index (χ1n) is 12.2. The zero-order chi connectivity index (χ0) is 29.4. The number of fused-ring (bicyclic) bond motifs is 1. The van der Waals surface area contributed by atoms with Crippen LogP contribution in [0.4, 0.5) is 0 Å². The number of hydrogen-bond acceptors (Lipinski definition) is 8. The minimum atomic E-state index is -1.58. The van der Waals surface area contributed by atoms with E-state index in [1.54, 1.807) is 56.3 Å². The topological polar surface area (TPSA) is 232 Å². The number of aromatic hydroxyl groups is 2. The Labute approximate surface area is 253 Å². The molecule has 0 aliphatic carbocycles. The summed E-state index contributed by atoms with van der Waals surface area (Å²) < 4.78 is 0. The van der Waals surface area contributed by atoms with Gasteiger partial charge in [-0.05, 0) is 67.4 Å². The molecule has 0 saturated carbocycles. The molecule has 4 aromatic rings. The number of aromatic nitrogens is 2. The monoisotopic (exact) mass is 618 g/mol. The van der Waals surface area contributed by atoms with Crippen molar-refractivity contribution >= 4 is 53.5 Å². The van der Waals surface area contributed by atoms with E-state index in [1.165, 1.54) is 6.07 Å². The van der Waals surface area contributed by atoms with E-state index in [9.17, 15) is 24.9 Å². The first-order chi connectivity index (χ1) is 18.8. The fraction of sp³-hybridized carbons (Fsp3) is 0.214. The molecule has 3 aromatic carbocycles. The van der Waals surface area contributed by atoms with Gasteiger partial charge in [-0.25, -0.2) is 4.98 Å².